The topological polar surface area (TPSA) is 86.1 Å². The van der Waals surface area contributed by atoms with Gasteiger partial charge in [0.15, 0.2) is 0 Å². The maximum Gasteiger partial charge on any atom is 0.511 e. The first-order chi connectivity index (χ1) is 3.27. The lowest BCUT2D eigenvalue weighted by atomic mass is 11.5. The lowest BCUT2D eigenvalue weighted by molar-refractivity contribution is 0.503. The number of rotatable bonds is 2. The Kier molecular flexibility index (Phi) is 3.24. The van der Waals surface area contributed by atoms with Crippen LogP contribution < -0.4 is 0 Å². The molecule has 0 saturated heterocycles. The third kappa shape index (κ3) is 5.37. The highest BCUT2D eigenvalue weighted by molar-refractivity contribution is 7.37. The van der Waals surface area contributed by atoms with E-state index in [0.29, 0.717) is 0 Å². The summed E-state index contributed by atoms with van der Waals surface area (Å²) in [7, 11) is -2.28. The van der Waals surface area contributed by atoms with Crippen molar-refractivity contribution in [2.24, 2.45) is 5.11 Å². The number of azide groups is 1. The zero-order valence-corrected chi connectivity index (χ0v) is 4.25. The van der Waals surface area contributed by atoms with Gasteiger partial charge in [-0.2, -0.15) is 4.89 Å². The van der Waals surface area contributed by atoms with Crippen molar-refractivity contribution in [1.82, 2.24) is 0 Å². The fourth-order valence-corrected chi connectivity index (χ4v) is 0.247. The van der Waals surface area contributed by atoms with Gasteiger partial charge in [0.2, 0.25) is 0 Å². The molecule has 0 aliphatic heterocycles. The number of nitrogens with zero attached hydrogens (tertiary/aromatic N) is 3. The first-order valence-corrected chi connectivity index (χ1v) is 2.81. The quantitative estimate of drug-likeness (QED) is 0.255. The second-order valence-corrected chi connectivity index (χ2v) is 1.71. The Balaban J connectivity index is 3.32. The number of hydrogen-bond acceptors (Lipinski definition) is 2. The summed E-state index contributed by atoms with van der Waals surface area (Å²) in [6.07, 6.45) is -0.328. The third-order valence-corrected chi connectivity index (χ3v) is 0.616. The van der Waals surface area contributed by atoms with Crippen LogP contribution in [0.15, 0.2) is 5.11 Å². The van der Waals surface area contributed by atoms with Gasteiger partial charge in [0.05, 0.1) is 0 Å². The maximum absolute atomic E-state index is 9.64. The van der Waals surface area contributed by atoms with Crippen LogP contribution in [0.3, 0.4) is 0 Å². The van der Waals surface area contributed by atoms with Crippen LogP contribution in [0.4, 0.5) is 0 Å². The minimum Gasteiger partial charge on any atom is -0.161 e. The highest BCUT2D eigenvalue weighted by Crippen LogP contribution is 2.10. The van der Waals surface area contributed by atoms with E-state index in [9.17, 15) is 4.57 Å². The zero-order valence-electron chi connectivity index (χ0n) is 3.35. The average Bonchev–Trinajstić information content (AvgIpc) is 1.61. The van der Waals surface area contributed by atoms with Crippen LogP contribution in [0, 0.1) is 0 Å². The largest absolute Gasteiger partial charge is 0.511 e. The van der Waals surface area contributed by atoms with Crippen molar-refractivity contribution < 1.29 is 9.46 Å². The monoisotopic (exact) mass is 120 g/mol. The van der Waals surface area contributed by atoms with Crippen molar-refractivity contribution in [3.8, 4) is 0 Å². The summed E-state index contributed by atoms with van der Waals surface area (Å²) in [5.74, 6) is 0. The fourth-order valence-electron chi connectivity index (χ4n) is 0.0824. The molecule has 0 spiro atoms. The van der Waals surface area contributed by atoms with E-state index in [2.05, 4.69) is 10.0 Å². The van der Waals surface area contributed by atoms with Gasteiger partial charge in [-0.15, -0.1) is 0 Å². The molecule has 0 aromatic carbocycles. The van der Waals surface area contributed by atoms with Crippen LogP contribution in [0.5, 0.6) is 0 Å². The van der Waals surface area contributed by atoms with Crippen molar-refractivity contribution in [1.29, 1.82) is 0 Å². The predicted molar refractivity (Wildman–Crippen MR) is 23.8 cm³/mol. The summed E-state index contributed by atoms with van der Waals surface area (Å²) >= 11 is 0. The van der Waals surface area contributed by atoms with E-state index in [1.54, 1.807) is 0 Å². The van der Waals surface area contributed by atoms with Crippen molar-refractivity contribution >= 4 is 8.03 Å². The Bertz CT molecular complexity index is 116. The molecule has 0 bridgehead atoms. The van der Waals surface area contributed by atoms with Crippen LogP contribution in [-0.2, 0) is 4.57 Å². The Morgan fingerprint density at radius 1 is 2.00 bits per heavy atom. The van der Waals surface area contributed by atoms with Crippen LogP contribution in [0.25, 0.3) is 10.4 Å². The van der Waals surface area contributed by atoms with Crippen molar-refractivity contribution in [3.63, 3.8) is 0 Å². The normalized spacial score (nSPS) is 9.57. The fraction of sp³-hybridized carbons (Fsp3) is 1.00. The standard InChI is InChI=1S/CH2N3O2P/c2-4-3-1-7(5)6/h1H2/p+1. The van der Waals surface area contributed by atoms with Gasteiger partial charge in [-0.05, 0) is 15.2 Å². The van der Waals surface area contributed by atoms with Crippen molar-refractivity contribution in [2.75, 3.05) is 6.29 Å². The van der Waals surface area contributed by atoms with E-state index in [-0.39, 0.29) is 6.29 Å². The minimum absolute atomic E-state index is 0.328. The van der Waals surface area contributed by atoms with Crippen molar-refractivity contribution in [3.05, 3.63) is 10.4 Å². The van der Waals surface area contributed by atoms with Gasteiger partial charge in [0.1, 0.15) is 0 Å². The summed E-state index contributed by atoms with van der Waals surface area (Å²) in [5.41, 5.74) is 7.53. The molecule has 0 rings (SSSR count). The first-order valence-electron chi connectivity index (χ1n) is 1.42. The maximum atomic E-state index is 9.64. The minimum atomic E-state index is -2.28. The van der Waals surface area contributed by atoms with E-state index in [1.165, 1.54) is 0 Å². The van der Waals surface area contributed by atoms with Gasteiger partial charge in [-0.1, -0.05) is 0 Å². The molecule has 0 aliphatic carbocycles. The Labute approximate surface area is 40.5 Å². The highest BCUT2D eigenvalue weighted by atomic mass is 31.1. The second-order valence-electron chi connectivity index (χ2n) is 0.724. The summed E-state index contributed by atoms with van der Waals surface area (Å²) in [4.78, 5) is 10.2. The van der Waals surface area contributed by atoms with Gasteiger partial charge < -0.3 is 0 Å². The van der Waals surface area contributed by atoms with Gasteiger partial charge in [0, 0.05) is 4.91 Å². The molecule has 1 unspecified atom stereocenters. The van der Waals surface area contributed by atoms with Gasteiger partial charge in [-0.3, -0.25) is 0 Å². The average molecular weight is 120 g/mol. The van der Waals surface area contributed by atoms with Crippen LogP contribution in [0.1, 0.15) is 0 Å². The molecule has 0 saturated carbocycles. The van der Waals surface area contributed by atoms with Crippen molar-refractivity contribution in [2.45, 2.75) is 0 Å². The Hall–Kier alpha value is -0.630. The molecule has 0 aromatic rings. The molecule has 0 radical (unpaired) electrons. The summed E-state index contributed by atoms with van der Waals surface area (Å²) in [6, 6.07) is 0. The first kappa shape index (κ1) is 6.37. The third-order valence-electron chi connectivity index (χ3n) is 0.247. The molecule has 0 fully saturated rings. The Morgan fingerprint density at radius 2 is 2.57 bits per heavy atom. The molecule has 7 heavy (non-hydrogen) atoms. The molecule has 0 amide bonds. The van der Waals surface area contributed by atoms with Crippen LogP contribution in [-0.4, -0.2) is 11.2 Å². The molecule has 1 N–H and O–H groups in total. The number of hydrogen-bond donors (Lipinski definition) is 1. The molecule has 6 heteroatoms. The molecule has 0 aliphatic rings. The molecule has 0 heterocycles. The molecular weight excluding hydrogens is 117 g/mol. The summed E-state index contributed by atoms with van der Waals surface area (Å²) in [6.45, 7) is 0. The van der Waals surface area contributed by atoms with E-state index < -0.39 is 8.03 Å². The SMILES string of the molecule is [N-]=[N+]=NC[P+](=O)O. The lowest BCUT2D eigenvalue weighted by Crippen LogP contribution is -1.61. The van der Waals surface area contributed by atoms with E-state index in [0.717, 1.165) is 0 Å². The summed E-state index contributed by atoms with van der Waals surface area (Å²) < 4.78 is 9.64. The molecule has 5 nitrogen and oxygen atoms in total. The van der Waals surface area contributed by atoms with E-state index in [1.807, 2.05) is 0 Å². The van der Waals surface area contributed by atoms with Gasteiger partial charge in [-0.25, -0.2) is 0 Å². The predicted octanol–water partition coefficient (Wildman–Crippen LogP) is 0.989. The molecule has 1 atom stereocenters. The summed E-state index contributed by atoms with van der Waals surface area (Å²) in [5, 5.41) is 2.82. The van der Waals surface area contributed by atoms with Crippen LogP contribution in [0.2, 0.25) is 0 Å². The second kappa shape index (κ2) is 3.56. The molecule has 38 valence electrons. The van der Waals surface area contributed by atoms with Gasteiger partial charge >= 0.3 is 8.03 Å². The Morgan fingerprint density at radius 3 is 2.71 bits per heavy atom. The molecule has 0 aromatic heterocycles. The van der Waals surface area contributed by atoms with E-state index in [4.69, 9.17) is 10.4 Å². The zero-order chi connectivity index (χ0) is 5.70. The molecular formula is CH3N3O2P+. The van der Waals surface area contributed by atoms with E-state index >= 15 is 0 Å². The lowest BCUT2D eigenvalue weighted by Gasteiger charge is -1.57. The smallest absolute Gasteiger partial charge is 0.161 e. The van der Waals surface area contributed by atoms with Gasteiger partial charge in [0.25, 0.3) is 6.29 Å². The van der Waals surface area contributed by atoms with Crippen LogP contribution >= 0.6 is 8.03 Å². The highest BCUT2D eigenvalue weighted by Gasteiger charge is 2.03.